The Morgan fingerprint density at radius 1 is 1.48 bits per heavy atom. The van der Waals surface area contributed by atoms with Crippen molar-refractivity contribution in [1.29, 1.82) is 0 Å². The average Bonchev–Trinajstić information content (AvgIpc) is 3.46. The van der Waals surface area contributed by atoms with Gasteiger partial charge in [-0.1, -0.05) is 30.7 Å². The fourth-order valence-electron chi connectivity index (χ4n) is 3.57. The number of aromatic carboxylic acids is 1. The van der Waals surface area contributed by atoms with E-state index in [1.54, 1.807) is 24.3 Å². The maximum atomic E-state index is 11.5. The number of fused-ring (bicyclic) bond motifs is 1. The molecular weight excluding hydrogens is 418 g/mol. The number of likely N-dealkylation sites (N-methyl/N-ethyl adjacent to an activating group) is 1. The van der Waals surface area contributed by atoms with Gasteiger partial charge in [-0.2, -0.15) is 0 Å². The number of hydrogen-bond acceptors (Lipinski definition) is 6. The Labute approximate surface area is 188 Å². The van der Waals surface area contributed by atoms with Crippen molar-refractivity contribution in [3.8, 4) is 5.75 Å². The van der Waals surface area contributed by atoms with Crippen LogP contribution in [0.3, 0.4) is 0 Å². The van der Waals surface area contributed by atoms with E-state index in [0.29, 0.717) is 24.7 Å². The summed E-state index contributed by atoms with van der Waals surface area (Å²) in [6, 6.07) is 5.04. The Morgan fingerprint density at radius 3 is 2.90 bits per heavy atom. The Kier molecular flexibility index (Phi) is 7.64. The van der Waals surface area contributed by atoms with Crippen LogP contribution in [-0.4, -0.2) is 55.6 Å². The lowest BCUT2D eigenvalue weighted by Crippen LogP contribution is -2.40. The standard InChI is InChI=1S/C23H30ClN3O4/c1-4-5-6-18(9-11-24)30-12-10-23(2)15-27(14-21-25-26(21)3)19-13-17(22(28)29)7-8-20(19)31-16-23/h4-9,11,13,21,25H,10,12,14-16H2,1-3H3,(H,28,29)/b5-4-,11-9+,18-6+. The number of ether oxygens (including phenoxy) is 2. The van der Waals surface area contributed by atoms with Crippen molar-refractivity contribution in [1.82, 2.24) is 10.4 Å². The highest BCUT2D eigenvalue weighted by Gasteiger charge is 2.37. The molecule has 2 aliphatic rings. The van der Waals surface area contributed by atoms with Gasteiger partial charge in [0.2, 0.25) is 0 Å². The van der Waals surface area contributed by atoms with Crippen LogP contribution < -0.4 is 15.1 Å². The third kappa shape index (κ3) is 6.26. The van der Waals surface area contributed by atoms with Gasteiger partial charge in [0.25, 0.3) is 0 Å². The van der Waals surface area contributed by atoms with Crippen LogP contribution in [0.2, 0.25) is 0 Å². The highest BCUT2D eigenvalue weighted by atomic mass is 35.5. The Bertz CT molecular complexity index is 886. The van der Waals surface area contributed by atoms with Gasteiger partial charge in [-0.3, -0.25) is 0 Å². The molecule has 1 saturated heterocycles. The third-order valence-electron chi connectivity index (χ3n) is 5.50. The molecule has 3 rings (SSSR count). The molecule has 0 saturated carbocycles. The Balaban J connectivity index is 1.75. The van der Waals surface area contributed by atoms with Crippen LogP contribution in [0.25, 0.3) is 0 Å². The first-order valence-electron chi connectivity index (χ1n) is 10.3. The molecule has 3 unspecified atom stereocenters. The molecule has 3 atom stereocenters. The van der Waals surface area contributed by atoms with E-state index in [0.717, 1.165) is 25.2 Å². The number of nitrogens with one attached hydrogen (secondary N) is 1. The zero-order valence-corrected chi connectivity index (χ0v) is 18.9. The van der Waals surface area contributed by atoms with E-state index in [1.807, 2.05) is 37.2 Å². The van der Waals surface area contributed by atoms with Crippen LogP contribution in [0, 0.1) is 5.41 Å². The minimum absolute atomic E-state index is 0.188. The van der Waals surface area contributed by atoms with Crippen LogP contribution in [0.4, 0.5) is 5.69 Å². The lowest BCUT2D eigenvalue weighted by atomic mass is 9.87. The maximum absolute atomic E-state index is 11.5. The van der Waals surface area contributed by atoms with Crippen molar-refractivity contribution < 1.29 is 19.4 Å². The first-order valence-corrected chi connectivity index (χ1v) is 10.8. The molecule has 2 heterocycles. The van der Waals surface area contributed by atoms with Gasteiger partial charge in [-0.05, 0) is 43.7 Å². The summed E-state index contributed by atoms with van der Waals surface area (Å²) in [5.74, 6) is 0.454. The van der Waals surface area contributed by atoms with E-state index in [4.69, 9.17) is 21.1 Å². The molecule has 0 amide bonds. The fourth-order valence-corrected chi connectivity index (χ4v) is 3.70. The highest BCUT2D eigenvalue weighted by Crippen LogP contribution is 2.38. The third-order valence-corrected chi connectivity index (χ3v) is 5.62. The van der Waals surface area contributed by atoms with Crippen LogP contribution in [-0.2, 0) is 4.74 Å². The van der Waals surface area contributed by atoms with E-state index in [2.05, 4.69) is 17.2 Å². The van der Waals surface area contributed by atoms with Gasteiger partial charge in [0.05, 0.1) is 24.5 Å². The number of rotatable bonds is 9. The lowest BCUT2D eigenvalue weighted by molar-refractivity contribution is 0.0697. The first kappa shape index (κ1) is 23.2. The number of anilines is 1. The molecule has 0 radical (unpaired) electrons. The Morgan fingerprint density at radius 2 is 2.26 bits per heavy atom. The molecule has 0 aliphatic carbocycles. The molecule has 8 heteroatoms. The van der Waals surface area contributed by atoms with E-state index < -0.39 is 5.97 Å². The molecule has 2 N–H and O–H groups in total. The van der Waals surface area contributed by atoms with Gasteiger partial charge >= 0.3 is 5.97 Å². The zero-order valence-electron chi connectivity index (χ0n) is 18.2. The number of carbonyl (C=O) groups is 1. The number of carboxylic acid groups (broad SMARTS) is 1. The average molecular weight is 448 g/mol. The SMILES string of the molecule is C\C=C/C=C(\C=C\Cl)OCCC1(C)COc2ccc(C(=O)O)cc2N(CC2NN2C)C1. The van der Waals surface area contributed by atoms with Crippen molar-refractivity contribution in [3.05, 3.63) is 59.4 Å². The molecule has 1 aromatic carbocycles. The van der Waals surface area contributed by atoms with Gasteiger partial charge in [0.1, 0.15) is 17.7 Å². The van der Waals surface area contributed by atoms with Crippen molar-refractivity contribution in [2.45, 2.75) is 26.4 Å². The van der Waals surface area contributed by atoms with E-state index in [9.17, 15) is 9.90 Å². The van der Waals surface area contributed by atoms with Crippen LogP contribution in [0.15, 0.2) is 53.8 Å². The van der Waals surface area contributed by atoms with Crippen LogP contribution >= 0.6 is 11.6 Å². The van der Waals surface area contributed by atoms with Crippen LogP contribution in [0.1, 0.15) is 30.6 Å². The van der Waals surface area contributed by atoms with E-state index in [1.165, 1.54) is 5.54 Å². The second-order valence-corrected chi connectivity index (χ2v) is 8.46. The van der Waals surface area contributed by atoms with Gasteiger partial charge in [-0.25, -0.2) is 15.2 Å². The van der Waals surface area contributed by atoms with Crippen molar-refractivity contribution >= 4 is 23.3 Å². The Hall–Kier alpha value is -2.48. The number of hydrazine groups is 1. The summed E-state index contributed by atoms with van der Waals surface area (Å²) in [6.07, 6.45) is 8.41. The summed E-state index contributed by atoms with van der Waals surface area (Å²) in [5, 5.41) is 11.5. The fraction of sp³-hybridized carbons (Fsp3) is 0.435. The van der Waals surface area contributed by atoms with Crippen LogP contribution in [0.5, 0.6) is 5.75 Å². The maximum Gasteiger partial charge on any atom is 0.335 e. The first-order chi connectivity index (χ1) is 14.8. The summed E-state index contributed by atoms with van der Waals surface area (Å²) >= 11 is 5.72. The summed E-state index contributed by atoms with van der Waals surface area (Å²) in [6.45, 7) is 6.59. The molecule has 168 valence electrons. The number of hydrogen-bond donors (Lipinski definition) is 2. The van der Waals surface area contributed by atoms with Crippen molar-refractivity contribution in [3.63, 3.8) is 0 Å². The molecule has 1 aromatic rings. The second-order valence-electron chi connectivity index (χ2n) is 8.21. The van der Waals surface area contributed by atoms with E-state index >= 15 is 0 Å². The van der Waals surface area contributed by atoms with Crippen molar-refractivity contribution in [2.75, 3.05) is 38.3 Å². The summed E-state index contributed by atoms with van der Waals surface area (Å²) < 4.78 is 12.1. The molecule has 2 aliphatic heterocycles. The second kappa shape index (κ2) is 10.2. The zero-order chi connectivity index (χ0) is 22.4. The topological polar surface area (TPSA) is 84.0 Å². The number of benzene rings is 1. The van der Waals surface area contributed by atoms with Crippen molar-refractivity contribution in [2.24, 2.45) is 5.41 Å². The molecule has 31 heavy (non-hydrogen) atoms. The number of nitrogens with zero attached hydrogens (tertiary/aromatic N) is 2. The molecule has 7 nitrogen and oxygen atoms in total. The predicted octanol–water partition coefficient (Wildman–Crippen LogP) is 3.99. The predicted molar refractivity (Wildman–Crippen MR) is 122 cm³/mol. The largest absolute Gasteiger partial charge is 0.494 e. The smallest absolute Gasteiger partial charge is 0.335 e. The van der Waals surface area contributed by atoms with Gasteiger partial charge in [-0.15, -0.1) is 0 Å². The summed E-state index contributed by atoms with van der Waals surface area (Å²) in [7, 11) is 1.99. The molecule has 0 spiro atoms. The number of carboxylic acids is 1. The minimum Gasteiger partial charge on any atom is -0.494 e. The minimum atomic E-state index is -0.947. The molecular formula is C23H30ClN3O4. The van der Waals surface area contributed by atoms with E-state index in [-0.39, 0.29) is 17.1 Å². The molecule has 1 fully saturated rings. The molecule has 0 aromatic heterocycles. The monoisotopic (exact) mass is 447 g/mol. The lowest BCUT2D eigenvalue weighted by Gasteiger charge is -2.33. The number of halogens is 1. The summed E-state index contributed by atoms with van der Waals surface area (Å²) in [4.78, 5) is 13.7. The normalized spacial score (nSPS) is 25.9. The quantitative estimate of drug-likeness (QED) is 0.336. The molecule has 0 bridgehead atoms. The number of allylic oxidation sites excluding steroid dienone is 4. The van der Waals surface area contributed by atoms with Gasteiger partial charge < -0.3 is 19.5 Å². The van der Waals surface area contributed by atoms with Gasteiger partial charge in [0.15, 0.2) is 0 Å². The highest BCUT2D eigenvalue weighted by molar-refractivity contribution is 6.25. The summed E-state index contributed by atoms with van der Waals surface area (Å²) in [5.41, 5.74) is 5.57. The van der Waals surface area contributed by atoms with Gasteiger partial charge in [0, 0.05) is 31.1 Å².